The zero-order valence-electron chi connectivity index (χ0n) is 14.6. The summed E-state index contributed by atoms with van der Waals surface area (Å²) in [5.41, 5.74) is 7.65. The van der Waals surface area contributed by atoms with Gasteiger partial charge in [0.05, 0.1) is 5.52 Å². The number of hydrogen-bond donors (Lipinski definition) is 1. The number of carbonyl (C=O) groups is 1. The Balaban J connectivity index is 1.64. The molecule has 0 saturated carbocycles. The van der Waals surface area contributed by atoms with Crippen molar-refractivity contribution in [3.63, 3.8) is 0 Å². The van der Waals surface area contributed by atoms with E-state index in [0.29, 0.717) is 6.42 Å². The number of nitrogens with zero attached hydrogens (tertiary/aromatic N) is 2. The molecule has 1 aliphatic heterocycles. The van der Waals surface area contributed by atoms with Crippen molar-refractivity contribution in [3.8, 4) is 22.3 Å². The molecule has 0 spiro atoms. The molecule has 5 rings (SSSR count). The van der Waals surface area contributed by atoms with Crippen LogP contribution < -0.4 is 5.32 Å². The molecule has 1 amide bonds. The minimum atomic E-state index is 0.0917. The first-order chi connectivity index (χ1) is 13.3. The number of aromatic nitrogens is 2. The van der Waals surface area contributed by atoms with Gasteiger partial charge in [-0.3, -0.25) is 14.8 Å². The lowest BCUT2D eigenvalue weighted by Crippen LogP contribution is -2.18. The lowest BCUT2D eigenvalue weighted by Gasteiger charge is -2.18. The van der Waals surface area contributed by atoms with Gasteiger partial charge < -0.3 is 5.32 Å². The van der Waals surface area contributed by atoms with E-state index in [1.165, 1.54) is 5.56 Å². The Labute approximate surface area is 156 Å². The number of nitrogens with one attached hydrogen (secondary N) is 1. The van der Waals surface area contributed by atoms with E-state index in [0.717, 1.165) is 45.3 Å². The molecule has 4 heteroatoms. The molecule has 1 aliphatic rings. The molecule has 0 atom stereocenters. The third kappa shape index (κ3) is 2.85. The van der Waals surface area contributed by atoms with Crippen LogP contribution in [0.5, 0.6) is 0 Å². The summed E-state index contributed by atoms with van der Waals surface area (Å²) in [6, 6.07) is 18.7. The molecule has 1 N–H and O–H groups in total. The number of carbonyl (C=O) groups excluding carboxylic acids is 1. The van der Waals surface area contributed by atoms with E-state index in [1.807, 2.05) is 42.9 Å². The van der Waals surface area contributed by atoms with Crippen LogP contribution in [0.3, 0.4) is 0 Å². The van der Waals surface area contributed by atoms with E-state index in [9.17, 15) is 4.79 Å². The Morgan fingerprint density at radius 1 is 0.778 bits per heavy atom. The van der Waals surface area contributed by atoms with Gasteiger partial charge in [-0.2, -0.15) is 0 Å². The third-order valence-electron chi connectivity index (χ3n) is 5.07. The zero-order chi connectivity index (χ0) is 18.2. The molecule has 130 valence electrons. The molecule has 2 aromatic carbocycles. The van der Waals surface area contributed by atoms with Gasteiger partial charge in [0.2, 0.25) is 5.91 Å². The first kappa shape index (κ1) is 15.7. The molecular formula is C23H17N3O. The zero-order valence-corrected chi connectivity index (χ0v) is 14.6. The molecule has 0 unspecified atom stereocenters. The molecule has 27 heavy (non-hydrogen) atoms. The average Bonchev–Trinajstić information content (AvgIpc) is 2.73. The minimum absolute atomic E-state index is 0.0917. The van der Waals surface area contributed by atoms with Crippen molar-refractivity contribution in [1.82, 2.24) is 9.97 Å². The van der Waals surface area contributed by atoms with Crippen molar-refractivity contribution in [1.29, 1.82) is 0 Å². The topological polar surface area (TPSA) is 54.9 Å². The predicted molar refractivity (Wildman–Crippen MR) is 107 cm³/mol. The Bertz CT molecular complexity index is 1170. The maximum Gasteiger partial charge on any atom is 0.224 e. The summed E-state index contributed by atoms with van der Waals surface area (Å²) in [6.45, 7) is 0. The Morgan fingerprint density at radius 2 is 1.59 bits per heavy atom. The number of anilines is 1. The summed E-state index contributed by atoms with van der Waals surface area (Å²) >= 11 is 0. The minimum Gasteiger partial charge on any atom is -0.326 e. The fourth-order valence-corrected chi connectivity index (χ4v) is 3.67. The smallest absolute Gasteiger partial charge is 0.224 e. The van der Waals surface area contributed by atoms with Gasteiger partial charge in [0.15, 0.2) is 0 Å². The van der Waals surface area contributed by atoms with Crippen molar-refractivity contribution >= 4 is 22.5 Å². The second-order valence-electron chi connectivity index (χ2n) is 6.75. The number of rotatable bonds is 2. The maximum atomic E-state index is 11.6. The van der Waals surface area contributed by atoms with Crippen LogP contribution in [0.4, 0.5) is 5.69 Å². The van der Waals surface area contributed by atoms with Crippen LogP contribution in [0, 0.1) is 0 Å². The first-order valence-electron chi connectivity index (χ1n) is 9.00. The van der Waals surface area contributed by atoms with Gasteiger partial charge in [-0.25, -0.2) is 0 Å². The van der Waals surface area contributed by atoms with Gasteiger partial charge in [0, 0.05) is 36.1 Å². The van der Waals surface area contributed by atoms with Crippen LogP contribution >= 0.6 is 0 Å². The average molecular weight is 351 g/mol. The highest BCUT2D eigenvalue weighted by molar-refractivity contribution is 5.97. The number of fused-ring (bicyclic) bond motifs is 2. The maximum absolute atomic E-state index is 11.6. The molecule has 0 bridgehead atoms. The lowest BCUT2D eigenvalue weighted by molar-refractivity contribution is -0.116. The van der Waals surface area contributed by atoms with Crippen molar-refractivity contribution in [3.05, 3.63) is 78.8 Å². The molecule has 0 aliphatic carbocycles. The Hall–Kier alpha value is -3.53. The van der Waals surface area contributed by atoms with Crippen molar-refractivity contribution < 1.29 is 4.79 Å². The highest BCUT2D eigenvalue weighted by Gasteiger charge is 2.15. The summed E-state index contributed by atoms with van der Waals surface area (Å²) in [7, 11) is 0. The Morgan fingerprint density at radius 3 is 2.48 bits per heavy atom. The number of aryl methyl sites for hydroxylation is 1. The monoisotopic (exact) mass is 351 g/mol. The van der Waals surface area contributed by atoms with E-state index in [-0.39, 0.29) is 5.91 Å². The van der Waals surface area contributed by atoms with Gasteiger partial charge in [-0.15, -0.1) is 0 Å². The van der Waals surface area contributed by atoms with Gasteiger partial charge in [-0.05, 0) is 76.7 Å². The molecular weight excluding hydrogens is 334 g/mol. The quantitative estimate of drug-likeness (QED) is 0.562. The van der Waals surface area contributed by atoms with E-state index in [4.69, 9.17) is 0 Å². The summed E-state index contributed by atoms with van der Waals surface area (Å²) in [5.74, 6) is 0.0917. The summed E-state index contributed by atoms with van der Waals surface area (Å²) < 4.78 is 0. The standard InChI is InChI=1S/C23H17N3O/c27-23-6-3-18-13-16(1-4-21(18)26-23)17-2-5-22-20(14-17)19(9-12-25-22)15-7-10-24-11-8-15/h1-2,4-5,7-14H,3,6H2,(H,26,27). The van der Waals surface area contributed by atoms with Crippen LogP contribution in [-0.2, 0) is 11.2 Å². The highest BCUT2D eigenvalue weighted by Crippen LogP contribution is 2.33. The van der Waals surface area contributed by atoms with Crippen LogP contribution in [0.1, 0.15) is 12.0 Å². The molecule has 0 fully saturated rings. The van der Waals surface area contributed by atoms with Gasteiger partial charge in [0.1, 0.15) is 0 Å². The van der Waals surface area contributed by atoms with E-state index >= 15 is 0 Å². The summed E-state index contributed by atoms with van der Waals surface area (Å²) in [5, 5.41) is 4.06. The second-order valence-corrected chi connectivity index (χ2v) is 6.75. The number of amides is 1. The largest absolute Gasteiger partial charge is 0.326 e. The van der Waals surface area contributed by atoms with Crippen LogP contribution in [0.15, 0.2) is 73.2 Å². The third-order valence-corrected chi connectivity index (χ3v) is 5.07. The molecule has 0 radical (unpaired) electrons. The van der Waals surface area contributed by atoms with Crippen molar-refractivity contribution in [2.24, 2.45) is 0 Å². The Kier molecular flexibility index (Phi) is 3.68. The normalized spacial score (nSPS) is 13.3. The highest BCUT2D eigenvalue weighted by atomic mass is 16.1. The van der Waals surface area contributed by atoms with E-state index < -0.39 is 0 Å². The summed E-state index contributed by atoms with van der Waals surface area (Å²) in [6.07, 6.45) is 6.79. The van der Waals surface area contributed by atoms with Crippen molar-refractivity contribution in [2.75, 3.05) is 5.32 Å². The van der Waals surface area contributed by atoms with Gasteiger partial charge in [-0.1, -0.05) is 12.1 Å². The van der Waals surface area contributed by atoms with E-state index in [2.05, 4.69) is 45.6 Å². The number of benzene rings is 2. The summed E-state index contributed by atoms with van der Waals surface area (Å²) in [4.78, 5) is 20.2. The molecule has 4 aromatic rings. The van der Waals surface area contributed by atoms with Gasteiger partial charge >= 0.3 is 0 Å². The van der Waals surface area contributed by atoms with Crippen molar-refractivity contribution in [2.45, 2.75) is 12.8 Å². The molecule has 4 nitrogen and oxygen atoms in total. The van der Waals surface area contributed by atoms with Gasteiger partial charge in [0.25, 0.3) is 0 Å². The molecule has 0 saturated heterocycles. The predicted octanol–water partition coefficient (Wildman–Crippen LogP) is 4.85. The van der Waals surface area contributed by atoms with E-state index in [1.54, 1.807) is 0 Å². The fraction of sp³-hybridized carbons (Fsp3) is 0.0870. The lowest BCUT2D eigenvalue weighted by atomic mass is 9.94. The van der Waals surface area contributed by atoms with Crippen LogP contribution in [0.2, 0.25) is 0 Å². The van der Waals surface area contributed by atoms with Crippen LogP contribution in [0.25, 0.3) is 33.2 Å². The number of pyridine rings is 2. The van der Waals surface area contributed by atoms with Crippen LogP contribution in [-0.4, -0.2) is 15.9 Å². The second kappa shape index (κ2) is 6.32. The molecule has 3 heterocycles. The fourth-order valence-electron chi connectivity index (χ4n) is 3.67. The number of hydrogen-bond acceptors (Lipinski definition) is 3. The SMILES string of the molecule is O=C1CCc2cc(-c3ccc4nccc(-c5ccncc5)c4c3)ccc2N1. The first-order valence-corrected chi connectivity index (χ1v) is 9.00. The molecule has 2 aromatic heterocycles.